The molecule has 9 nitrogen and oxygen atoms in total. The minimum absolute atomic E-state index is 0.0265. The van der Waals surface area contributed by atoms with Crippen molar-refractivity contribution in [2.24, 2.45) is 11.7 Å². The van der Waals surface area contributed by atoms with Gasteiger partial charge in [-0.1, -0.05) is 44.2 Å². The van der Waals surface area contributed by atoms with Crippen molar-refractivity contribution < 1.29 is 19.1 Å². The van der Waals surface area contributed by atoms with E-state index >= 15 is 0 Å². The molecule has 0 unspecified atom stereocenters. The Hall–Kier alpha value is -3.92. The summed E-state index contributed by atoms with van der Waals surface area (Å²) in [6.45, 7) is 6.97. The molecule has 1 atom stereocenters. The predicted molar refractivity (Wildman–Crippen MR) is 141 cm³/mol. The molecule has 3 aromatic rings. The monoisotopic (exact) mass is 509 g/mol. The Balaban J connectivity index is 2.12. The van der Waals surface area contributed by atoms with Gasteiger partial charge in [-0.25, -0.2) is 0 Å². The Morgan fingerprint density at radius 3 is 2.31 bits per heavy atom. The second-order valence-corrected chi connectivity index (χ2v) is 9.30. The largest absolute Gasteiger partial charge is 0.494 e. The van der Waals surface area contributed by atoms with Crippen molar-refractivity contribution in [2.75, 3.05) is 23.8 Å². The minimum Gasteiger partial charge on any atom is -0.494 e. The highest BCUT2D eigenvalue weighted by atomic mass is 32.1. The highest BCUT2D eigenvalue weighted by Gasteiger charge is 2.36. The standard InChI is InChI=1S/C26H31N5O4S/c1-4-35-19-12-10-17(11-13-19)22(25(33)29-15-14-16(2)3)31(18-8-6-5-7-9-18)26(34)23-20(27)21(24(28)32)30-36-23/h5-13,16,22H,4,14-15,27H2,1-3H3,(H2,28,32)(H,29,33)/t22-/m1/s1. The average Bonchev–Trinajstić information content (AvgIpc) is 3.24. The summed E-state index contributed by atoms with van der Waals surface area (Å²) in [5, 5.41) is 2.97. The van der Waals surface area contributed by atoms with Crippen LogP contribution in [0, 0.1) is 5.92 Å². The first-order valence-electron chi connectivity index (χ1n) is 11.7. The van der Waals surface area contributed by atoms with Gasteiger partial charge in [0.25, 0.3) is 11.8 Å². The zero-order chi connectivity index (χ0) is 26.2. The maximum atomic E-state index is 13.9. The van der Waals surface area contributed by atoms with E-state index in [9.17, 15) is 14.4 Å². The van der Waals surface area contributed by atoms with Gasteiger partial charge >= 0.3 is 0 Å². The number of aromatic nitrogens is 1. The van der Waals surface area contributed by atoms with E-state index in [2.05, 4.69) is 23.5 Å². The number of rotatable bonds is 11. The Bertz CT molecular complexity index is 1190. The van der Waals surface area contributed by atoms with Gasteiger partial charge in [-0.3, -0.25) is 19.3 Å². The second-order valence-electron chi connectivity index (χ2n) is 8.53. The number of amides is 3. The molecule has 0 aliphatic carbocycles. The van der Waals surface area contributed by atoms with Gasteiger partial charge in [0.05, 0.1) is 12.3 Å². The third-order valence-corrected chi connectivity index (χ3v) is 6.29. The molecule has 0 aliphatic rings. The van der Waals surface area contributed by atoms with Crippen LogP contribution in [0.15, 0.2) is 54.6 Å². The van der Waals surface area contributed by atoms with Crippen molar-refractivity contribution in [3.8, 4) is 5.75 Å². The van der Waals surface area contributed by atoms with Gasteiger partial charge in [-0.2, -0.15) is 4.37 Å². The van der Waals surface area contributed by atoms with E-state index in [1.807, 2.05) is 13.0 Å². The number of nitrogen functional groups attached to an aromatic ring is 1. The van der Waals surface area contributed by atoms with Gasteiger partial charge in [-0.05, 0) is 60.6 Å². The fraction of sp³-hybridized carbons (Fsp3) is 0.308. The molecule has 5 N–H and O–H groups in total. The molecule has 0 aliphatic heterocycles. The maximum absolute atomic E-state index is 13.9. The molecule has 0 bridgehead atoms. The highest BCUT2D eigenvalue weighted by Crippen LogP contribution is 2.33. The van der Waals surface area contributed by atoms with Crippen LogP contribution in [0.3, 0.4) is 0 Å². The molecular weight excluding hydrogens is 478 g/mol. The zero-order valence-electron chi connectivity index (χ0n) is 20.6. The molecule has 3 rings (SSSR count). The van der Waals surface area contributed by atoms with Gasteiger partial charge < -0.3 is 21.5 Å². The maximum Gasteiger partial charge on any atom is 0.273 e. The number of hydrogen-bond acceptors (Lipinski definition) is 7. The van der Waals surface area contributed by atoms with Gasteiger partial charge in [0.1, 0.15) is 16.7 Å². The van der Waals surface area contributed by atoms with Crippen LogP contribution in [0.1, 0.15) is 59.0 Å². The van der Waals surface area contributed by atoms with Gasteiger partial charge in [-0.15, -0.1) is 0 Å². The summed E-state index contributed by atoms with van der Waals surface area (Å²) >= 11 is 0.772. The predicted octanol–water partition coefficient (Wildman–Crippen LogP) is 3.77. The summed E-state index contributed by atoms with van der Waals surface area (Å²) in [5.74, 6) is -0.707. The molecule has 36 heavy (non-hydrogen) atoms. The lowest BCUT2D eigenvalue weighted by Crippen LogP contribution is -2.44. The summed E-state index contributed by atoms with van der Waals surface area (Å²) in [7, 11) is 0. The number of nitrogens with zero attached hydrogens (tertiary/aromatic N) is 2. The van der Waals surface area contributed by atoms with Crippen molar-refractivity contribution in [3.63, 3.8) is 0 Å². The Morgan fingerprint density at radius 2 is 1.75 bits per heavy atom. The average molecular weight is 510 g/mol. The van der Waals surface area contributed by atoms with Crippen LogP contribution in [0.4, 0.5) is 11.4 Å². The number of primary amides is 1. The number of anilines is 2. The van der Waals surface area contributed by atoms with Gasteiger partial charge in [0.2, 0.25) is 5.91 Å². The quantitative estimate of drug-likeness (QED) is 0.359. The molecule has 0 spiro atoms. The molecule has 1 aromatic heterocycles. The van der Waals surface area contributed by atoms with Crippen LogP contribution < -0.4 is 26.4 Å². The summed E-state index contributed by atoms with van der Waals surface area (Å²) in [6, 6.07) is 14.8. The topological polar surface area (TPSA) is 141 Å². The molecule has 2 aromatic carbocycles. The lowest BCUT2D eigenvalue weighted by Gasteiger charge is -2.31. The van der Waals surface area contributed by atoms with E-state index in [1.165, 1.54) is 4.90 Å². The number of carbonyl (C=O) groups is 3. The molecule has 0 fully saturated rings. The molecule has 0 radical (unpaired) electrons. The fourth-order valence-corrected chi connectivity index (χ4v) is 4.36. The second kappa shape index (κ2) is 12.2. The smallest absolute Gasteiger partial charge is 0.273 e. The van der Waals surface area contributed by atoms with Gasteiger partial charge in [0, 0.05) is 12.2 Å². The Labute approximate surface area is 214 Å². The van der Waals surface area contributed by atoms with Crippen molar-refractivity contribution in [2.45, 2.75) is 33.2 Å². The zero-order valence-corrected chi connectivity index (χ0v) is 21.4. The van der Waals surface area contributed by atoms with Crippen LogP contribution in [0.2, 0.25) is 0 Å². The molecular formula is C26H31N5O4S. The third kappa shape index (κ3) is 6.19. The summed E-state index contributed by atoms with van der Waals surface area (Å²) < 4.78 is 9.52. The van der Waals surface area contributed by atoms with E-state index in [0.717, 1.165) is 18.0 Å². The fourth-order valence-electron chi connectivity index (χ4n) is 3.62. The van der Waals surface area contributed by atoms with E-state index in [1.54, 1.807) is 48.5 Å². The van der Waals surface area contributed by atoms with E-state index in [4.69, 9.17) is 16.2 Å². The van der Waals surface area contributed by atoms with Crippen LogP contribution >= 0.6 is 11.5 Å². The van der Waals surface area contributed by atoms with E-state index in [-0.39, 0.29) is 22.2 Å². The van der Waals surface area contributed by atoms with Crippen LogP contribution in [0.5, 0.6) is 5.75 Å². The highest BCUT2D eigenvalue weighted by molar-refractivity contribution is 7.09. The molecule has 0 saturated heterocycles. The molecule has 0 saturated carbocycles. The number of benzene rings is 2. The van der Waals surface area contributed by atoms with E-state index < -0.39 is 17.9 Å². The summed E-state index contributed by atoms with van der Waals surface area (Å²) in [4.78, 5) is 40.7. The van der Waals surface area contributed by atoms with Crippen LogP contribution in [-0.2, 0) is 4.79 Å². The van der Waals surface area contributed by atoms with Crippen LogP contribution in [-0.4, -0.2) is 35.2 Å². The first-order valence-corrected chi connectivity index (χ1v) is 12.5. The van der Waals surface area contributed by atoms with Gasteiger partial charge in [0.15, 0.2) is 5.69 Å². The Morgan fingerprint density at radius 1 is 1.08 bits per heavy atom. The lowest BCUT2D eigenvalue weighted by molar-refractivity contribution is -0.122. The van der Waals surface area contributed by atoms with E-state index in [0.29, 0.717) is 36.1 Å². The first-order chi connectivity index (χ1) is 17.2. The third-order valence-electron chi connectivity index (χ3n) is 5.44. The molecule has 3 amide bonds. The molecule has 190 valence electrons. The number of hydrogen-bond donors (Lipinski definition) is 3. The van der Waals surface area contributed by atoms with Crippen molar-refractivity contribution >= 4 is 40.6 Å². The number of nitrogens with one attached hydrogen (secondary N) is 1. The van der Waals surface area contributed by atoms with Crippen molar-refractivity contribution in [1.29, 1.82) is 0 Å². The SMILES string of the molecule is CCOc1ccc([C@H](C(=O)NCCC(C)C)N(C(=O)c2snc(C(N)=O)c2N)c2ccccc2)cc1. The Kier molecular flexibility index (Phi) is 9.02. The number of para-hydroxylation sites is 1. The minimum atomic E-state index is -1.03. The van der Waals surface area contributed by atoms with Crippen LogP contribution in [0.25, 0.3) is 0 Å². The molecule has 1 heterocycles. The molecule has 10 heteroatoms. The number of carbonyl (C=O) groups excluding carboxylic acids is 3. The summed E-state index contributed by atoms with van der Waals surface area (Å²) in [6.07, 6.45) is 0.783. The lowest BCUT2D eigenvalue weighted by atomic mass is 10.0. The van der Waals surface area contributed by atoms with Crippen molar-refractivity contribution in [1.82, 2.24) is 9.69 Å². The number of ether oxygens (including phenoxy) is 1. The van der Waals surface area contributed by atoms with Crippen molar-refractivity contribution in [3.05, 3.63) is 70.7 Å². The first kappa shape index (κ1) is 26.7. The number of nitrogens with two attached hydrogens (primary N) is 2. The normalized spacial score (nSPS) is 11.7. The summed E-state index contributed by atoms with van der Waals surface area (Å²) in [5.41, 5.74) is 12.2.